The van der Waals surface area contributed by atoms with E-state index in [0.29, 0.717) is 0 Å². The standard InChI is InChI=1S/C24H24N2OS2/c1-17-19(16-29-24-25-20-10-4-5-11-21(20)26-24)9-7-13-23(17)28-15-14-18-8-3-6-12-22(18)27-2/h3-13H,14-16H2,1-2H3,(H,25,26). The Labute approximate surface area is 180 Å². The number of rotatable bonds is 8. The summed E-state index contributed by atoms with van der Waals surface area (Å²) in [4.78, 5) is 9.42. The number of fused-ring (bicyclic) bond motifs is 1. The van der Waals surface area contributed by atoms with Crippen LogP contribution in [0.3, 0.4) is 0 Å². The second-order valence-electron chi connectivity index (χ2n) is 6.80. The minimum absolute atomic E-state index is 0.909. The Balaban J connectivity index is 1.39. The van der Waals surface area contributed by atoms with Gasteiger partial charge in [0.2, 0.25) is 0 Å². The van der Waals surface area contributed by atoms with Crippen molar-refractivity contribution in [3.05, 3.63) is 83.4 Å². The largest absolute Gasteiger partial charge is 0.496 e. The van der Waals surface area contributed by atoms with Crippen LogP contribution in [-0.4, -0.2) is 22.8 Å². The van der Waals surface area contributed by atoms with Gasteiger partial charge in [0.25, 0.3) is 0 Å². The number of hydrogen-bond acceptors (Lipinski definition) is 4. The van der Waals surface area contributed by atoms with Crippen LogP contribution in [0, 0.1) is 6.92 Å². The SMILES string of the molecule is COc1ccccc1CCSc1cccc(CSc2nc3ccccc3[nH]2)c1C. The molecule has 4 aromatic rings. The fourth-order valence-corrected chi connectivity index (χ4v) is 5.31. The van der Waals surface area contributed by atoms with Crippen molar-refractivity contribution in [1.82, 2.24) is 9.97 Å². The molecule has 0 atom stereocenters. The molecule has 29 heavy (non-hydrogen) atoms. The monoisotopic (exact) mass is 420 g/mol. The van der Waals surface area contributed by atoms with Crippen LogP contribution in [0.2, 0.25) is 0 Å². The minimum atomic E-state index is 0.909. The maximum absolute atomic E-state index is 5.47. The fourth-order valence-electron chi connectivity index (χ4n) is 3.30. The van der Waals surface area contributed by atoms with E-state index in [4.69, 9.17) is 4.74 Å². The van der Waals surface area contributed by atoms with E-state index in [-0.39, 0.29) is 0 Å². The summed E-state index contributed by atoms with van der Waals surface area (Å²) in [5.74, 6) is 2.91. The number of H-pyrrole nitrogens is 1. The molecule has 3 nitrogen and oxygen atoms in total. The van der Waals surface area contributed by atoms with Crippen LogP contribution in [-0.2, 0) is 12.2 Å². The Bertz CT molecular complexity index is 1070. The number of nitrogens with zero attached hydrogens (tertiary/aromatic N) is 1. The summed E-state index contributed by atoms with van der Waals surface area (Å²) in [5.41, 5.74) is 6.09. The van der Waals surface area contributed by atoms with Crippen molar-refractivity contribution in [2.45, 2.75) is 29.1 Å². The number of ether oxygens (including phenoxy) is 1. The number of imidazole rings is 1. The first-order chi connectivity index (χ1) is 14.2. The van der Waals surface area contributed by atoms with Gasteiger partial charge in [-0.05, 0) is 54.3 Å². The number of benzene rings is 3. The van der Waals surface area contributed by atoms with Gasteiger partial charge in [0.15, 0.2) is 5.16 Å². The van der Waals surface area contributed by atoms with Gasteiger partial charge >= 0.3 is 0 Å². The van der Waals surface area contributed by atoms with E-state index in [1.165, 1.54) is 21.6 Å². The second-order valence-corrected chi connectivity index (χ2v) is 8.90. The number of thioether (sulfide) groups is 2. The van der Waals surface area contributed by atoms with Crippen LogP contribution >= 0.6 is 23.5 Å². The summed E-state index contributed by atoms with van der Waals surface area (Å²) < 4.78 is 5.47. The highest BCUT2D eigenvalue weighted by Crippen LogP contribution is 2.30. The highest BCUT2D eigenvalue weighted by molar-refractivity contribution is 7.99. The molecule has 0 spiro atoms. The predicted molar refractivity (Wildman–Crippen MR) is 124 cm³/mol. The molecule has 0 aliphatic rings. The first-order valence-electron chi connectivity index (χ1n) is 9.65. The number of aromatic nitrogens is 2. The molecule has 0 unspecified atom stereocenters. The lowest BCUT2D eigenvalue weighted by molar-refractivity contribution is 0.410. The molecule has 1 heterocycles. The normalized spacial score (nSPS) is 11.1. The molecule has 0 fully saturated rings. The first kappa shape index (κ1) is 19.9. The third-order valence-corrected chi connectivity index (χ3v) is 7.03. The molecular formula is C24H24N2OS2. The molecular weight excluding hydrogens is 396 g/mol. The predicted octanol–water partition coefficient (Wildman–Crippen LogP) is 6.51. The highest BCUT2D eigenvalue weighted by Gasteiger charge is 2.09. The number of methoxy groups -OCH3 is 1. The van der Waals surface area contributed by atoms with Crippen molar-refractivity contribution in [2.24, 2.45) is 0 Å². The molecule has 0 radical (unpaired) electrons. The van der Waals surface area contributed by atoms with E-state index >= 15 is 0 Å². The molecule has 0 saturated heterocycles. The van der Waals surface area contributed by atoms with E-state index in [1.54, 1.807) is 18.9 Å². The highest BCUT2D eigenvalue weighted by atomic mass is 32.2. The Morgan fingerprint density at radius 2 is 1.69 bits per heavy atom. The van der Waals surface area contributed by atoms with Crippen molar-refractivity contribution in [3.63, 3.8) is 0 Å². The Hall–Kier alpha value is -2.37. The van der Waals surface area contributed by atoms with Crippen LogP contribution in [0.4, 0.5) is 0 Å². The summed E-state index contributed by atoms with van der Waals surface area (Å²) in [6.45, 7) is 2.22. The Morgan fingerprint density at radius 3 is 2.55 bits per heavy atom. The average molecular weight is 421 g/mol. The molecule has 1 aromatic heterocycles. The van der Waals surface area contributed by atoms with Crippen LogP contribution in [0.1, 0.15) is 16.7 Å². The van der Waals surface area contributed by atoms with Crippen molar-refractivity contribution < 1.29 is 4.74 Å². The zero-order chi connectivity index (χ0) is 20.1. The van der Waals surface area contributed by atoms with Crippen molar-refractivity contribution in [1.29, 1.82) is 0 Å². The first-order valence-corrected chi connectivity index (χ1v) is 11.6. The zero-order valence-corrected chi connectivity index (χ0v) is 18.3. The molecule has 0 aliphatic heterocycles. The summed E-state index contributed by atoms with van der Waals surface area (Å²) in [7, 11) is 1.74. The summed E-state index contributed by atoms with van der Waals surface area (Å²) in [5, 5.41) is 0.972. The van der Waals surface area contributed by atoms with Crippen LogP contribution in [0.15, 0.2) is 76.8 Å². The quantitative estimate of drug-likeness (QED) is 0.330. The molecule has 5 heteroatoms. The molecule has 3 aromatic carbocycles. The van der Waals surface area contributed by atoms with Gasteiger partial charge in [-0.3, -0.25) is 0 Å². The molecule has 148 valence electrons. The second kappa shape index (κ2) is 9.42. The Morgan fingerprint density at radius 1 is 0.897 bits per heavy atom. The van der Waals surface area contributed by atoms with E-state index in [0.717, 1.165) is 39.9 Å². The van der Waals surface area contributed by atoms with Crippen LogP contribution < -0.4 is 4.74 Å². The van der Waals surface area contributed by atoms with E-state index in [9.17, 15) is 0 Å². The zero-order valence-electron chi connectivity index (χ0n) is 16.6. The summed E-state index contributed by atoms with van der Waals surface area (Å²) in [6, 6.07) is 23.0. The lowest BCUT2D eigenvalue weighted by Crippen LogP contribution is -1.95. The number of aryl methyl sites for hydroxylation is 1. The molecule has 1 N–H and O–H groups in total. The molecule has 0 saturated carbocycles. The molecule has 0 aliphatic carbocycles. The lowest BCUT2D eigenvalue weighted by atomic mass is 10.1. The van der Waals surface area contributed by atoms with Gasteiger partial charge < -0.3 is 9.72 Å². The third kappa shape index (κ3) is 4.80. The van der Waals surface area contributed by atoms with Gasteiger partial charge in [0, 0.05) is 16.4 Å². The van der Waals surface area contributed by atoms with E-state index < -0.39 is 0 Å². The lowest BCUT2D eigenvalue weighted by Gasteiger charge is -2.11. The van der Waals surface area contributed by atoms with Gasteiger partial charge in [-0.1, -0.05) is 54.2 Å². The van der Waals surface area contributed by atoms with Gasteiger partial charge in [0.1, 0.15) is 5.75 Å². The maximum Gasteiger partial charge on any atom is 0.166 e. The van der Waals surface area contributed by atoms with Crippen LogP contribution in [0.25, 0.3) is 11.0 Å². The molecule has 0 amide bonds. The van der Waals surface area contributed by atoms with Gasteiger partial charge in [-0.25, -0.2) is 4.98 Å². The fraction of sp³-hybridized carbons (Fsp3) is 0.208. The van der Waals surface area contributed by atoms with Crippen molar-refractivity contribution in [2.75, 3.05) is 12.9 Å². The van der Waals surface area contributed by atoms with Gasteiger partial charge in [-0.2, -0.15) is 0 Å². The summed E-state index contributed by atoms with van der Waals surface area (Å²) >= 11 is 3.67. The Kier molecular flexibility index (Phi) is 6.47. The number of nitrogens with one attached hydrogen (secondary N) is 1. The summed E-state index contributed by atoms with van der Waals surface area (Å²) in [6.07, 6.45) is 0.992. The van der Waals surface area contributed by atoms with E-state index in [2.05, 4.69) is 53.3 Å². The minimum Gasteiger partial charge on any atom is -0.496 e. The number of hydrogen-bond donors (Lipinski definition) is 1. The molecule has 4 rings (SSSR count). The van der Waals surface area contributed by atoms with E-state index in [1.807, 2.05) is 42.1 Å². The van der Waals surface area contributed by atoms with Crippen molar-refractivity contribution in [3.8, 4) is 5.75 Å². The third-order valence-electron chi connectivity index (χ3n) is 4.95. The van der Waals surface area contributed by atoms with Crippen molar-refractivity contribution >= 4 is 34.6 Å². The smallest absolute Gasteiger partial charge is 0.166 e. The topological polar surface area (TPSA) is 37.9 Å². The maximum atomic E-state index is 5.47. The van der Waals surface area contributed by atoms with Crippen LogP contribution in [0.5, 0.6) is 5.75 Å². The van der Waals surface area contributed by atoms with Gasteiger partial charge in [0.05, 0.1) is 18.1 Å². The average Bonchev–Trinajstić information content (AvgIpc) is 3.17. The number of para-hydroxylation sites is 3. The molecule has 0 bridgehead atoms. The van der Waals surface area contributed by atoms with Gasteiger partial charge in [-0.15, -0.1) is 11.8 Å². The number of aromatic amines is 1.